The van der Waals surface area contributed by atoms with Crippen molar-refractivity contribution in [3.05, 3.63) is 24.0 Å². The van der Waals surface area contributed by atoms with Crippen molar-refractivity contribution in [2.24, 2.45) is 17.8 Å². The molecule has 6 nitrogen and oxygen atoms in total. The van der Waals surface area contributed by atoms with Gasteiger partial charge in [-0.15, -0.1) is 0 Å². The van der Waals surface area contributed by atoms with E-state index in [1.807, 2.05) is 13.0 Å². The Labute approximate surface area is 122 Å². The van der Waals surface area contributed by atoms with E-state index in [4.69, 9.17) is 18.9 Å². The molecule has 0 N–H and O–H groups in total. The SMILES string of the molecule is COC(=O)C1=C[C@H]2C(=O)C(OC)(OC)[C@@H]1[C@@]1(C)OC=C[C@@H]21. The number of esters is 1. The molecule has 1 fully saturated rings. The molecule has 4 atom stereocenters. The first-order valence-corrected chi connectivity index (χ1v) is 6.75. The molecule has 0 unspecified atom stereocenters. The van der Waals surface area contributed by atoms with E-state index in [0.29, 0.717) is 5.57 Å². The summed E-state index contributed by atoms with van der Waals surface area (Å²) in [6.07, 6.45) is 5.10. The molecule has 21 heavy (non-hydrogen) atoms. The first-order chi connectivity index (χ1) is 9.96. The molecule has 1 saturated carbocycles. The lowest BCUT2D eigenvalue weighted by atomic mass is 9.54. The van der Waals surface area contributed by atoms with Gasteiger partial charge in [-0.2, -0.15) is 0 Å². The standard InChI is InChI=1S/C15H18O6/c1-14-10(5-6-21-14)8-7-9(13(17)18-2)11(14)15(19-3,20-4)12(8)16/h5-8,10-11H,1-4H3/t8-,10+,11+,14+/m1/s1. The lowest BCUT2D eigenvalue weighted by Crippen LogP contribution is -2.70. The van der Waals surface area contributed by atoms with Crippen LogP contribution in [0.1, 0.15) is 6.92 Å². The van der Waals surface area contributed by atoms with Crippen LogP contribution in [0.3, 0.4) is 0 Å². The number of ether oxygens (including phenoxy) is 4. The third-order valence-corrected chi connectivity index (χ3v) is 4.95. The van der Waals surface area contributed by atoms with E-state index < -0.39 is 29.2 Å². The quantitative estimate of drug-likeness (QED) is 0.567. The summed E-state index contributed by atoms with van der Waals surface area (Å²) in [5, 5.41) is 0. The van der Waals surface area contributed by atoms with Gasteiger partial charge in [0.15, 0.2) is 5.78 Å². The molecule has 0 radical (unpaired) electrons. The highest BCUT2D eigenvalue weighted by Gasteiger charge is 2.71. The summed E-state index contributed by atoms with van der Waals surface area (Å²) in [6.45, 7) is 1.87. The lowest BCUT2D eigenvalue weighted by molar-refractivity contribution is -0.272. The summed E-state index contributed by atoms with van der Waals surface area (Å²) >= 11 is 0. The van der Waals surface area contributed by atoms with Crippen LogP contribution in [0, 0.1) is 17.8 Å². The van der Waals surface area contributed by atoms with Gasteiger partial charge in [0.25, 0.3) is 0 Å². The predicted octanol–water partition coefficient (Wildman–Crippen LogP) is 0.822. The Morgan fingerprint density at radius 2 is 1.95 bits per heavy atom. The molecule has 0 spiro atoms. The molecule has 3 aliphatic carbocycles. The summed E-state index contributed by atoms with van der Waals surface area (Å²) in [4.78, 5) is 24.9. The minimum atomic E-state index is -1.53. The number of rotatable bonds is 3. The van der Waals surface area contributed by atoms with Crippen LogP contribution in [0.5, 0.6) is 0 Å². The first-order valence-electron chi connectivity index (χ1n) is 6.75. The second-order valence-corrected chi connectivity index (χ2v) is 5.67. The zero-order chi connectivity index (χ0) is 15.4. The number of allylic oxidation sites excluding steroid dienone is 1. The third-order valence-electron chi connectivity index (χ3n) is 4.95. The van der Waals surface area contributed by atoms with Gasteiger partial charge in [-0.25, -0.2) is 4.79 Å². The van der Waals surface area contributed by atoms with Crippen molar-refractivity contribution in [2.75, 3.05) is 21.3 Å². The van der Waals surface area contributed by atoms with Gasteiger partial charge in [0.1, 0.15) is 5.60 Å². The normalized spacial score (nSPS) is 38.8. The fourth-order valence-corrected chi connectivity index (χ4v) is 4.00. The van der Waals surface area contributed by atoms with Gasteiger partial charge in [-0.05, 0) is 13.0 Å². The molecule has 4 aliphatic rings. The van der Waals surface area contributed by atoms with Crippen molar-refractivity contribution in [2.45, 2.75) is 18.3 Å². The van der Waals surface area contributed by atoms with Gasteiger partial charge in [-0.1, -0.05) is 6.08 Å². The zero-order valence-corrected chi connectivity index (χ0v) is 12.4. The Kier molecular flexibility index (Phi) is 3.00. The molecular formula is C15H18O6. The van der Waals surface area contributed by atoms with Crippen LogP contribution in [0.15, 0.2) is 24.0 Å². The summed E-state index contributed by atoms with van der Waals surface area (Å²) < 4.78 is 21.5. The van der Waals surface area contributed by atoms with Crippen molar-refractivity contribution in [3.8, 4) is 0 Å². The van der Waals surface area contributed by atoms with Crippen molar-refractivity contribution in [1.29, 1.82) is 0 Å². The molecule has 0 aromatic rings. The minimum Gasteiger partial charge on any atom is -0.494 e. The van der Waals surface area contributed by atoms with E-state index in [1.165, 1.54) is 21.3 Å². The molecule has 2 bridgehead atoms. The summed E-state index contributed by atoms with van der Waals surface area (Å²) in [5.74, 6) is -3.58. The fourth-order valence-electron chi connectivity index (χ4n) is 4.00. The number of methoxy groups -OCH3 is 3. The Hall–Kier alpha value is -1.66. The molecular weight excluding hydrogens is 276 g/mol. The van der Waals surface area contributed by atoms with E-state index in [1.54, 1.807) is 12.3 Å². The van der Waals surface area contributed by atoms with Crippen molar-refractivity contribution >= 4 is 11.8 Å². The number of ketones is 1. The highest BCUT2D eigenvalue weighted by molar-refractivity contribution is 6.01. The Morgan fingerprint density at radius 3 is 2.52 bits per heavy atom. The van der Waals surface area contributed by atoms with Gasteiger partial charge in [0.05, 0.1) is 25.2 Å². The van der Waals surface area contributed by atoms with Crippen LogP contribution >= 0.6 is 0 Å². The van der Waals surface area contributed by atoms with E-state index in [2.05, 4.69) is 0 Å². The number of carbonyl (C=O) groups is 2. The van der Waals surface area contributed by atoms with Crippen molar-refractivity contribution < 1.29 is 28.5 Å². The number of Topliss-reactive ketones (excluding diaryl/α,β-unsaturated/α-hetero) is 1. The second-order valence-electron chi connectivity index (χ2n) is 5.67. The summed E-state index contributed by atoms with van der Waals surface area (Å²) in [6, 6.07) is 0. The number of hydrogen-bond acceptors (Lipinski definition) is 6. The highest BCUT2D eigenvalue weighted by atomic mass is 16.7. The number of hydrogen-bond donors (Lipinski definition) is 0. The topological polar surface area (TPSA) is 71.1 Å². The van der Waals surface area contributed by atoms with Crippen LogP contribution in [-0.4, -0.2) is 44.5 Å². The van der Waals surface area contributed by atoms with Crippen LogP contribution in [-0.2, 0) is 28.5 Å². The van der Waals surface area contributed by atoms with E-state index in [0.717, 1.165) is 0 Å². The van der Waals surface area contributed by atoms with Crippen molar-refractivity contribution in [3.63, 3.8) is 0 Å². The Bertz CT molecular complexity index is 559. The molecule has 1 aliphatic heterocycles. The molecule has 4 rings (SSSR count). The van der Waals surface area contributed by atoms with Gasteiger partial charge in [0, 0.05) is 25.7 Å². The molecule has 0 aromatic heterocycles. The van der Waals surface area contributed by atoms with Gasteiger partial charge in [-0.3, -0.25) is 4.79 Å². The molecule has 114 valence electrons. The predicted molar refractivity (Wildman–Crippen MR) is 71.0 cm³/mol. The van der Waals surface area contributed by atoms with Crippen LogP contribution in [0.4, 0.5) is 0 Å². The molecule has 0 amide bonds. The van der Waals surface area contributed by atoms with E-state index in [9.17, 15) is 9.59 Å². The summed E-state index contributed by atoms with van der Waals surface area (Å²) in [7, 11) is 4.11. The Morgan fingerprint density at radius 1 is 1.29 bits per heavy atom. The van der Waals surface area contributed by atoms with Crippen LogP contribution < -0.4 is 0 Å². The molecule has 0 aromatic carbocycles. The lowest BCUT2D eigenvalue weighted by Gasteiger charge is -2.56. The average Bonchev–Trinajstić information content (AvgIpc) is 2.90. The van der Waals surface area contributed by atoms with Gasteiger partial charge < -0.3 is 18.9 Å². The summed E-state index contributed by atoms with van der Waals surface area (Å²) in [5.41, 5.74) is -0.406. The van der Waals surface area contributed by atoms with Gasteiger partial charge >= 0.3 is 5.97 Å². The highest BCUT2D eigenvalue weighted by Crippen LogP contribution is 2.58. The van der Waals surface area contributed by atoms with Gasteiger partial charge in [0.2, 0.25) is 5.79 Å². The van der Waals surface area contributed by atoms with Crippen molar-refractivity contribution in [1.82, 2.24) is 0 Å². The largest absolute Gasteiger partial charge is 0.494 e. The number of carbonyl (C=O) groups excluding carboxylic acids is 2. The third kappa shape index (κ3) is 1.49. The van der Waals surface area contributed by atoms with Crippen LogP contribution in [0.2, 0.25) is 0 Å². The monoisotopic (exact) mass is 294 g/mol. The maximum atomic E-state index is 12.8. The van der Waals surface area contributed by atoms with E-state index in [-0.39, 0.29) is 11.7 Å². The Balaban J connectivity index is 2.22. The number of fused-ring (bicyclic) bond motifs is 1. The molecule has 6 heteroatoms. The molecule has 0 saturated heterocycles. The first kappa shape index (κ1) is 14.3. The smallest absolute Gasteiger partial charge is 0.334 e. The second kappa shape index (κ2) is 4.42. The maximum absolute atomic E-state index is 12.8. The maximum Gasteiger partial charge on any atom is 0.334 e. The zero-order valence-electron chi connectivity index (χ0n) is 12.4. The van der Waals surface area contributed by atoms with E-state index >= 15 is 0 Å². The molecule has 1 heterocycles. The average molecular weight is 294 g/mol. The minimum absolute atomic E-state index is 0.137. The fraction of sp³-hybridized carbons (Fsp3) is 0.600. The van der Waals surface area contributed by atoms with Crippen LogP contribution in [0.25, 0.3) is 0 Å².